The lowest BCUT2D eigenvalue weighted by molar-refractivity contribution is -0.130. The lowest BCUT2D eigenvalue weighted by atomic mass is 9.74. The van der Waals surface area contributed by atoms with E-state index in [-0.39, 0.29) is 11.3 Å². The molecule has 1 aliphatic heterocycles. The number of carbonyl (C=O) groups is 1. The van der Waals surface area contributed by atoms with Gasteiger partial charge in [0, 0.05) is 14.1 Å². The van der Waals surface area contributed by atoms with Crippen LogP contribution in [0.1, 0.15) is 25.3 Å². The molecule has 2 rings (SSSR count). The predicted molar refractivity (Wildman–Crippen MR) is 78.2 cm³/mol. The Hall–Kier alpha value is -1.35. The lowest BCUT2D eigenvalue weighted by Gasteiger charge is -2.39. The van der Waals surface area contributed by atoms with Crippen molar-refractivity contribution in [2.45, 2.75) is 25.2 Å². The van der Waals surface area contributed by atoms with Crippen molar-refractivity contribution in [2.75, 3.05) is 33.7 Å². The van der Waals surface area contributed by atoms with Crippen molar-refractivity contribution < 1.29 is 4.79 Å². The molecule has 3 nitrogen and oxygen atoms in total. The highest BCUT2D eigenvalue weighted by atomic mass is 16.2. The molecule has 0 saturated carbocycles. The summed E-state index contributed by atoms with van der Waals surface area (Å²) in [5.74, 6) is 0.198. The highest BCUT2D eigenvalue weighted by molar-refractivity contribution is 5.77. The van der Waals surface area contributed by atoms with Crippen LogP contribution in [0, 0.1) is 0 Å². The monoisotopic (exact) mass is 260 g/mol. The molecule has 1 saturated heterocycles. The quantitative estimate of drug-likeness (QED) is 0.831. The molecule has 1 aromatic rings. The molecule has 0 unspecified atom stereocenters. The minimum atomic E-state index is 0.198. The third-order valence-corrected chi connectivity index (χ3v) is 4.29. The summed E-state index contributed by atoms with van der Waals surface area (Å²) in [7, 11) is 3.64. The van der Waals surface area contributed by atoms with E-state index in [9.17, 15) is 4.79 Å². The summed E-state index contributed by atoms with van der Waals surface area (Å²) >= 11 is 0. The maximum absolute atomic E-state index is 11.7. The summed E-state index contributed by atoms with van der Waals surface area (Å²) in [4.78, 5) is 15.7. The van der Waals surface area contributed by atoms with Crippen LogP contribution in [0.15, 0.2) is 30.3 Å². The van der Waals surface area contributed by atoms with Gasteiger partial charge in [0.1, 0.15) is 0 Å². The lowest BCUT2D eigenvalue weighted by Crippen LogP contribution is -2.45. The third-order valence-electron chi connectivity index (χ3n) is 4.29. The first-order valence-corrected chi connectivity index (χ1v) is 6.99. The Morgan fingerprint density at radius 3 is 2.32 bits per heavy atom. The Morgan fingerprint density at radius 1 is 1.21 bits per heavy atom. The standard InChI is InChI=1S/C16H24N2O/c1-16(14-7-5-4-6-8-14)9-11-18(12-10-16)13-15(19)17(2)3/h4-8H,9-13H2,1-3H3. The van der Waals surface area contributed by atoms with Gasteiger partial charge < -0.3 is 4.90 Å². The molecule has 19 heavy (non-hydrogen) atoms. The highest BCUT2D eigenvalue weighted by Crippen LogP contribution is 2.34. The zero-order valence-electron chi connectivity index (χ0n) is 12.2. The van der Waals surface area contributed by atoms with Gasteiger partial charge in [0.15, 0.2) is 0 Å². The molecule has 0 spiro atoms. The molecule has 0 N–H and O–H groups in total. The first-order valence-electron chi connectivity index (χ1n) is 6.99. The van der Waals surface area contributed by atoms with Crippen molar-refractivity contribution >= 4 is 5.91 Å². The fourth-order valence-corrected chi connectivity index (χ4v) is 2.67. The molecule has 0 aromatic heterocycles. The van der Waals surface area contributed by atoms with Crippen LogP contribution in [0.4, 0.5) is 0 Å². The Balaban J connectivity index is 1.94. The average molecular weight is 260 g/mol. The number of likely N-dealkylation sites (N-methyl/N-ethyl adjacent to an activating group) is 1. The highest BCUT2D eigenvalue weighted by Gasteiger charge is 2.32. The predicted octanol–water partition coefficient (Wildman–Crippen LogP) is 2.13. The van der Waals surface area contributed by atoms with E-state index >= 15 is 0 Å². The summed E-state index contributed by atoms with van der Waals surface area (Å²) in [6, 6.07) is 10.7. The molecular weight excluding hydrogens is 236 g/mol. The minimum Gasteiger partial charge on any atom is -0.348 e. The van der Waals surface area contributed by atoms with Gasteiger partial charge in [0.2, 0.25) is 5.91 Å². The largest absolute Gasteiger partial charge is 0.348 e. The van der Waals surface area contributed by atoms with E-state index in [4.69, 9.17) is 0 Å². The van der Waals surface area contributed by atoms with Crippen molar-refractivity contribution in [3.8, 4) is 0 Å². The molecule has 0 atom stereocenters. The van der Waals surface area contributed by atoms with Crippen LogP contribution < -0.4 is 0 Å². The molecule has 0 bridgehead atoms. The molecular formula is C16H24N2O. The van der Waals surface area contributed by atoms with E-state index in [0.717, 1.165) is 25.9 Å². The topological polar surface area (TPSA) is 23.6 Å². The summed E-state index contributed by atoms with van der Waals surface area (Å²) in [6.45, 7) is 4.90. The normalized spacial score (nSPS) is 19.1. The number of piperidine rings is 1. The molecule has 0 aliphatic carbocycles. The summed E-state index contributed by atoms with van der Waals surface area (Å²) in [6.07, 6.45) is 2.25. The molecule has 104 valence electrons. The molecule has 1 heterocycles. The molecule has 0 radical (unpaired) electrons. The van der Waals surface area contributed by atoms with Crippen LogP contribution in [-0.2, 0) is 10.2 Å². The van der Waals surface area contributed by atoms with Gasteiger partial charge in [-0.1, -0.05) is 37.3 Å². The number of carbonyl (C=O) groups excluding carboxylic acids is 1. The number of hydrogen-bond acceptors (Lipinski definition) is 2. The van der Waals surface area contributed by atoms with E-state index in [1.54, 1.807) is 4.90 Å². The van der Waals surface area contributed by atoms with Crippen molar-refractivity contribution in [3.63, 3.8) is 0 Å². The van der Waals surface area contributed by atoms with Crippen molar-refractivity contribution in [3.05, 3.63) is 35.9 Å². The van der Waals surface area contributed by atoms with Gasteiger partial charge in [-0.05, 0) is 36.9 Å². The van der Waals surface area contributed by atoms with Crippen LogP contribution in [0.25, 0.3) is 0 Å². The van der Waals surface area contributed by atoms with Gasteiger partial charge in [-0.25, -0.2) is 0 Å². The van der Waals surface area contributed by atoms with Crippen LogP contribution in [0.5, 0.6) is 0 Å². The van der Waals surface area contributed by atoms with Crippen LogP contribution in [-0.4, -0.2) is 49.4 Å². The molecule has 3 heteroatoms. The van der Waals surface area contributed by atoms with Gasteiger partial charge >= 0.3 is 0 Å². The summed E-state index contributed by atoms with van der Waals surface area (Å²) < 4.78 is 0. The van der Waals surface area contributed by atoms with Crippen LogP contribution in [0.2, 0.25) is 0 Å². The van der Waals surface area contributed by atoms with Crippen molar-refractivity contribution in [1.29, 1.82) is 0 Å². The van der Waals surface area contributed by atoms with E-state index < -0.39 is 0 Å². The van der Waals surface area contributed by atoms with Gasteiger partial charge in [-0.3, -0.25) is 9.69 Å². The van der Waals surface area contributed by atoms with E-state index in [0.29, 0.717) is 6.54 Å². The smallest absolute Gasteiger partial charge is 0.236 e. The number of rotatable bonds is 3. The Labute approximate surface area is 116 Å². The Kier molecular flexibility index (Phi) is 4.25. The van der Waals surface area contributed by atoms with Crippen molar-refractivity contribution in [2.24, 2.45) is 0 Å². The van der Waals surface area contributed by atoms with Crippen LogP contribution >= 0.6 is 0 Å². The number of likely N-dealkylation sites (tertiary alicyclic amines) is 1. The van der Waals surface area contributed by atoms with Crippen molar-refractivity contribution in [1.82, 2.24) is 9.80 Å². The minimum absolute atomic E-state index is 0.198. The van der Waals surface area contributed by atoms with Gasteiger partial charge in [0.05, 0.1) is 6.54 Å². The number of benzene rings is 1. The van der Waals surface area contributed by atoms with Gasteiger partial charge in [-0.2, -0.15) is 0 Å². The Morgan fingerprint density at radius 2 is 1.79 bits per heavy atom. The molecule has 1 fully saturated rings. The first-order chi connectivity index (χ1) is 9.01. The van der Waals surface area contributed by atoms with Crippen LogP contribution in [0.3, 0.4) is 0 Å². The SMILES string of the molecule is CN(C)C(=O)CN1CCC(C)(c2ccccc2)CC1. The number of amides is 1. The molecule has 1 aromatic carbocycles. The van der Waals surface area contributed by atoms with Gasteiger partial charge in [0.25, 0.3) is 0 Å². The number of nitrogens with zero attached hydrogens (tertiary/aromatic N) is 2. The molecule has 1 aliphatic rings. The zero-order valence-corrected chi connectivity index (χ0v) is 12.2. The number of hydrogen-bond donors (Lipinski definition) is 0. The maximum Gasteiger partial charge on any atom is 0.236 e. The second kappa shape index (κ2) is 5.74. The third kappa shape index (κ3) is 3.35. The summed E-state index contributed by atoms with van der Waals surface area (Å²) in [5, 5.41) is 0. The van der Waals surface area contributed by atoms with Gasteiger partial charge in [-0.15, -0.1) is 0 Å². The fourth-order valence-electron chi connectivity index (χ4n) is 2.67. The van der Waals surface area contributed by atoms with E-state index in [1.807, 2.05) is 14.1 Å². The van der Waals surface area contributed by atoms with E-state index in [1.165, 1.54) is 5.56 Å². The first kappa shape index (κ1) is 14.1. The van der Waals surface area contributed by atoms with E-state index in [2.05, 4.69) is 42.2 Å². The zero-order chi connectivity index (χ0) is 13.9. The second-order valence-corrected chi connectivity index (χ2v) is 5.99. The summed E-state index contributed by atoms with van der Waals surface area (Å²) in [5.41, 5.74) is 1.69. The fraction of sp³-hybridized carbons (Fsp3) is 0.562. The average Bonchev–Trinajstić information content (AvgIpc) is 2.42. The Bertz CT molecular complexity index is 420. The second-order valence-electron chi connectivity index (χ2n) is 5.99. The molecule has 1 amide bonds. The maximum atomic E-state index is 11.7.